The number of halogens is 2. The minimum absolute atomic E-state index is 0.0862. The predicted octanol–water partition coefficient (Wildman–Crippen LogP) is 5.66. The van der Waals surface area contributed by atoms with Crippen LogP contribution in [-0.2, 0) is 29.4 Å². The SMILES string of the molecule is COC(=O)[C@H](Cc1ccc(-c2c(C)c3ccccc3n(C)c2=O)c2c1CCCO2)NC(=O)c1c(Cl)cccc1Cl. The number of rotatable bonds is 6. The number of ether oxygens (including phenoxy) is 2. The van der Waals surface area contributed by atoms with Gasteiger partial charge in [0.2, 0.25) is 0 Å². The Morgan fingerprint density at radius 2 is 1.80 bits per heavy atom. The van der Waals surface area contributed by atoms with Gasteiger partial charge in [-0.05, 0) is 54.7 Å². The van der Waals surface area contributed by atoms with Crippen molar-refractivity contribution in [3.8, 4) is 16.9 Å². The molecule has 0 fully saturated rings. The minimum atomic E-state index is -1.00. The van der Waals surface area contributed by atoms with Crippen LogP contribution in [0.4, 0.5) is 0 Å². The summed E-state index contributed by atoms with van der Waals surface area (Å²) in [6.45, 7) is 2.46. The van der Waals surface area contributed by atoms with Crippen LogP contribution in [0, 0.1) is 6.92 Å². The first-order chi connectivity index (χ1) is 19.2. The van der Waals surface area contributed by atoms with Crippen LogP contribution >= 0.6 is 23.2 Å². The number of pyridine rings is 1. The molecule has 40 heavy (non-hydrogen) atoms. The van der Waals surface area contributed by atoms with Crippen LogP contribution < -0.4 is 15.6 Å². The molecule has 0 radical (unpaired) electrons. The second-order valence-corrected chi connectivity index (χ2v) is 10.6. The van der Waals surface area contributed by atoms with Gasteiger partial charge in [0, 0.05) is 24.4 Å². The Kier molecular flexibility index (Phi) is 7.88. The van der Waals surface area contributed by atoms with E-state index in [-0.39, 0.29) is 27.6 Å². The van der Waals surface area contributed by atoms with Crippen molar-refractivity contribution in [3.05, 3.63) is 97.3 Å². The summed E-state index contributed by atoms with van der Waals surface area (Å²) in [6, 6.07) is 15.3. The number of amides is 1. The molecule has 4 aromatic rings. The number of hydrogen-bond donors (Lipinski definition) is 1. The number of aromatic nitrogens is 1. The van der Waals surface area contributed by atoms with Crippen LogP contribution in [0.3, 0.4) is 0 Å². The number of nitrogens with zero attached hydrogens (tertiary/aromatic N) is 1. The zero-order chi connectivity index (χ0) is 28.6. The quantitative estimate of drug-likeness (QED) is 0.298. The minimum Gasteiger partial charge on any atom is -0.493 e. The Hall–Kier alpha value is -3.81. The van der Waals surface area contributed by atoms with Crippen molar-refractivity contribution >= 4 is 46.0 Å². The first-order valence-corrected chi connectivity index (χ1v) is 13.7. The second kappa shape index (κ2) is 11.4. The average Bonchev–Trinajstić information content (AvgIpc) is 2.96. The van der Waals surface area contributed by atoms with Crippen molar-refractivity contribution in [3.63, 3.8) is 0 Å². The fourth-order valence-electron chi connectivity index (χ4n) is 5.39. The molecule has 1 aliphatic rings. The zero-order valence-electron chi connectivity index (χ0n) is 22.3. The summed E-state index contributed by atoms with van der Waals surface area (Å²) in [4.78, 5) is 39.5. The number of fused-ring (bicyclic) bond motifs is 2. The van der Waals surface area contributed by atoms with Gasteiger partial charge in [-0.2, -0.15) is 0 Å². The second-order valence-electron chi connectivity index (χ2n) is 9.76. The normalized spacial score (nSPS) is 13.3. The van der Waals surface area contributed by atoms with Gasteiger partial charge in [0.05, 0.1) is 40.4 Å². The van der Waals surface area contributed by atoms with Crippen LogP contribution in [0.5, 0.6) is 5.75 Å². The van der Waals surface area contributed by atoms with E-state index in [1.165, 1.54) is 7.11 Å². The molecule has 3 aromatic carbocycles. The van der Waals surface area contributed by atoms with E-state index < -0.39 is 17.9 Å². The number of methoxy groups -OCH3 is 1. The molecule has 0 saturated heterocycles. The van der Waals surface area contributed by atoms with Crippen molar-refractivity contribution in [2.45, 2.75) is 32.2 Å². The number of benzene rings is 3. The molecule has 0 saturated carbocycles. The third kappa shape index (κ3) is 4.95. The predicted molar refractivity (Wildman–Crippen MR) is 157 cm³/mol. The van der Waals surface area contributed by atoms with Crippen molar-refractivity contribution < 1.29 is 19.1 Å². The topological polar surface area (TPSA) is 86.6 Å². The third-order valence-electron chi connectivity index (χ3n) is 7.41. The lowest BCUT2D eigenvalue weighted by Gasteiger charge is -2.26. The third-order valence-corrected chi connectivity index (χ3v) is 8.04. The molecule has 5 rings (SSSR count). The number of para-hydroxylation sites is 1. The molecule has 9 heteroatoms. The summed E-state index contributed by atoms with van der Waals surface area (Å²) in [6.07, 6.45) is 1.63. The maximum atomic E-state index is 13.6. The lowest BCUT2D eigenvalue weighted by molar-refractivity contribution is -0.142. The van der Waals surface area contributed by atoms with Gasteiger partial charge < -0.3 is 19.4 Å². The first kappa shape index (κ1) is 27.7. The van der Waals surface area contributed by atoms with Crippen LogP contribution in [0.15, 0.2) is 59.4 Å². The van der Waals surface area contributed by atoms with Crippen LogP contribution in [0.1, 0.15) is 33.5 Å². The number of carbonyl (C=O) groups is 2. The summed E-state index contributed by atoms with van der Waals surface area (Å²) in [5.41, 5.74) is 4.71. The van der Waals surface area contributed by atoms with E-state index in [0.29, 0.717) is 29.9 Å². The summed E-state index contributed by atoms with van der Waals surface area (Å²) in [5.74, 6) is -0.559. The van der Waals surface area contributed by atoms with E-state index in [0.717, 1.165) is 34.0 Å². The van der Waals surface area contributed by atoms with Gasteiger partial charge in [-0.15, -0.1) is 0 Å². The van der Waals surface area contributed by atoms with Crippen molar-refractivity contribution in [1.29, 1.82) is 0 Å². The summed E-state index contributed by atoms with van der Waals surface area (Å²) in [5, 5.41) is 4.08. The molecule has 0 aliphatic carbocycles. The Morgan fingerprint density at radius 3 is 2.52 bits per heavy atom. The Balaban J connectivity index is 1.57. The van der Waals surface area contributed by atoms with Gasteiger partial charge in [0.25, 0.3) is 11.5 Å². The fourth-order valence-corrected chi connectivity index (χ4v) is 5.96. The summed E-state index contributed by atoms with van der Waals surface area (Å²) < 4.78 is 12.8. The monoisotopic (exact) mass is 578 g/mol. The van der Waals surface area contributed by atoms with Crippen molar-refractivity contribution in [2.75, 3.05) is 13.7 Å². The highest BCUT2D eigenvalue weighted by Crippen LogP contribution is 2.40. The van der Waals surface area contributed by atoms with Gasteiger partial charge in [0.15, 0.2) is 0 Å². The molecule has 0 unspecified atom stereocenters. The molecule has 1 N–H and O–H groups in total. The molecule has 0 spiro atoms. The standard InChI is InChI=1S/C31H28Cl2N2O5/c1-17-19-8-4-5-12-25(19)35(2)30(37)26(17)21-14-13-18(20-9-7-15-40-28(20)21)16-24(31(38)39-3)34-29(36)27-22(32)10-6-11-23(27)33/h4-6,8,10-14,24H,7,9,15-16H2,1-3H3,(H,34,36)/t24-/m0/s1. The van der Waals surface area contributed by atoms with Gasteiger partial charge in [-0.1, -0.05) is 59.6 Å². The highest BCUT2D eigenvalue weighted by Gasteiger charge is 2.29. The summed E-state index contributed by atoms with van der Waals surface area (Å²) in [7, 11) is 3.04. The average molecular weight is 579 g/mol. The lowest BCUT2D eigenvalue weighted by atomic mass is 9.89. The van der Waals surface area contributed by atoms with Gasteiger partial charge in [-0.3, -0.25) is 9.59 Å². The number of hydrogen-bond acceptors (Lipinski definition) is 5. The number of carbonyl (C=O) groups excluding carboxylic acids is 2. The van der Waals surface area contributed by atoms with E-state index in [4.69, 9.17) is 32.7 Å². The molecular formula is C31H28Cl2N2O5. The van der Waals surface area contributed by atoms with Crippen LogP contribution in [-0.4, -0.2) is 36.2 Å². The molecule has 1 aromatic heterocycles. The van der Waals surface area contributed by atoms with Gasteiger partial charge >= 0.3 is 5.97 Å². The van der Waals surface area contributed by atoms with Crippen molar-refractivity contribution in [2.24, 2.45) is 7.05 Å². The number of nitrogens with one attached hydrogen (secondary N) is 1. The van der Waals surface area contributed by atoms with E-state index in [2.05, 4.69) is 5.32 Å². The van der Waals surface area contributed by atoms with E-state index in [9.17, 15) is 14.4 Å². The number of aryl methyl sites for hydroxylation is 2. The molecule has 2 heterocycles. The summed E-state index contributed by atoms with van der Waals surface area (Å²) >= 11 is 12.4. The Bertz CT molecular complexity index is 1690. The number of esters is 1. The molecule has 7 nitrogen and oxygen atoms in total. The van der Waals surface area contributed by atoms with E-state index in [1.807, 2.05) is 43.3 Å². The molecule has 206 valence electrons. The van der Waals surface area contributed by atoms with E-state index >= 15 is 0 Å². The van der Waals surface area contributed by atoms with Crippen LogP contribution in [0.2, 0.25) is 10.0 Å². The molecule has 0 bridgehead atoms. The zero-order valence-corrected chi connectivity index (χ0v) is 23.9. The maximum absolute atomic E-state index is 13.6. The van der Waals surface area contributed by atoms with Gasteiger partial charge in [-0.25, -0.2) is 4.79 Å². The smallest absolute Gasteiger partial charge is 0.328 e. The Labute approximate surface area is 241 Å². The van der Waals surface area contributed by atoms with Crippen molar-refractivity contribution in [1.82, 2.24) is 9.88 Å². The molecular weight excluding hydrogens is 551 g/mol. The van der Waals surface area contributed by atoms with Gasteiger partial charge in [0.1, 0.15) is 11.8 Å². The maximum Gasteiger partial charge on any atom is 0.328 e. The van der Waals surface area contributed by atoms with E-state index in [1.54, 1.807) is 29.8 Å². The van der Waals surface area contributed by atoms with Crippen LogP contribution in [0.25, 0.3) is 22.0 Å². The molecule has 1 amide bonds. The molecule has 1 atom stereocenters. The lowest BCUT2D eigenvalue weighted by Crippen LogP contribution is -2.43. The first-order valence-electron chi connectivity index (χ1n) is 12.9. The fraction of sp³-hybridized carbons (Fsp3) is 0.258. The Morgan fingerprint density at radius 1 is 1.07 bits per heavy atom. The largest absolute Gasteiger partial charge is 0.493 e. The molecule has 1 aliphatic heterocycles. The highest BCUT2D eigenvalue weighted by atomic mass is 35.5. The highest BCUT2D eigenvalue weighted by molar-refractivity contribution is 6.39.